The molecule has 0 aromatic heterocycles. The minimum absolute atomic E-state index is 0.438. The molecule has 1 aliphatic carbocycles. The molecular weight excluding hydrogens is 286 g/mol. The molecule has 23 heavy (non-hydrogen) atoms. The largest absolute Gasteiger partial charge is 0.497 e. The summed E-state index contributed by atoms with van der Waals surface area (Å²) in [7, 11) is 1.72. The van der Waals surface area contributed by atoms with Gasteiger partial charge >= 0.3 is 0 Å². The molecule has 2 aromatic carbocycles. The minimum atomic E-state index is -0.438. The van der Waals surface area contributed by atoms with E-state index in [1.807, 2.05) is 36.4 Å². The molecule has 3 rings (SSSR count). The number of hydrogen-bond donors (Lipinski definition) is 2. The summed E-state index contributed by atoms with van der Waals surface area (Å²) in [6.07, 6.45) is 2.98. The Hall–Kier alpha value is -1.84. The van der Waals surface area contributed by atoms with Crippen molar-refractivity contribution in [3.8, 4) is 5.75 Å². The van der Waals surface area contributed by atoms with Gasteiger partial charge in [0, 0.05) is 6.54 Å². The summed E-state index contributed by atoms with van der Waals surface area (Å²) in [5.74, 6) is 1.56. The topological polar surface area (TPSA) is 41.5 Å². The van der Waals surface area contributed by atoms with Crippen LogP contribution in [-0.2, 0) is 12.8 Å². The van der Waals surface area contributed by atoms with Gasteiger partial charge in [0.05, 0.1) is 13.2 Å². The molecule has 0 aliphatic heterocycles. The van der Waals surface area contributed by atoms with Crippen molar-refractivity contribution in [2.75, 3.05) is 20.2 Å². The van der Waals surface area contributed by atoms with E-state index in [-0.39, 0.29) is 0 Å². The number of benzene rings is 2. The van der Waals surface area contributed by atoms with Crippen LogP contribution in [0.1, 0.15) is 29.2 Å². The number of methoxy groups -OCH3 is 1. The molecule has 0 spiro atoms. The van der Waals surface area contributed by atoms with Gasteiger partial charge in [-0.15, -0.1) is 0 Å². The lowest BCUT2D eigenvalue weighted by molar-refractivity contribution is 0.172. The highest BCUT2D eigenvalue weighted by Crippen LogP contribution is 2.28. The molecule has 0 saturated carbocycles. The Labute approximate surface area is 138 Å². The molecule has 0 radical (unpaired) electrons. The van der Waals surface area contributed by atoms with Crippen molar-refractivity contribution in [1.29, 1.82) is 0 Å². The van der Waals surface area contributed by atoms with Crippen molar-refractivity contribution in [2.24, 2.45) is 5.92 Å². The van der Waals surface area contributed by atoms with Crippen LogP contribution in [0.15, 0.2) is 48.5 Å². The van der Waals surface area contributed by atoms with Crippen LogP contribution in [0.5, 0.6) is 5.75 Å². The summed E-state index contributed by atoms with van der Waals surface area (Å²) in [5, 5.41) is 13.6. The number of fused-ring (bicyclic) bond motifs is 1. The average molecular weight is 311 g/mol. The highest BCUT2D eigenvalue weighted by atomic mass is 16.5. The second-order valence-electron chi connectivity index (χ2n) is 6.33. The number of ether oxygens (including phenoxy) is 1. The van der Waals surface area contributed by atoms with E-state index in [1.54, 1.807) is 7.11 Å². The lowest BCUT2D eigenvalue weighted by atomic mass is 9.83. The van der Waals surface area contributed by atoms with E-state index in [0.29, 0.717) is 12.5 Å². The van der Waals surface area contributed by atoms with Gasteiger partial charge < -0.3 is 15.2 Å². The van der Waals surface area contributed by atoms with Crippen LogP contribution in [0.3, 0.4) is 0 Å². The molecule has 2 atom stereocenters. The maximum Gasteiger partial charge on any atom is 0.119 e. The van der Waals surface area contributed by atoms with Gasteiger partial charge in [0.1, 0.15) is 5.75 Å². The van der Waals surface area contributed by atoms with E-state index >= 15 is 0 Å². The smallest absolute Gasteiger partial charge is 0.119 e. The van der Waals surface area contributed by atoms with E-state index < -0.39 is 6.10 Å². The van der Waals surface area contributed by atoms with Crippen molar-refractivity contribution in [3.63, 3.8) is 0 Å². The SMILES string of the molecule is COc1ccc2c(c1)CC(CNCC(O)c1ccccc1)CC2. The molecule has 0 heterocycles. The van der Waals surface area contributed by atoms with E-state index in [2.05, 4.69) is 17.4 Å². The predicted molar refractivity (Wildman–Crippen MR) is 92.8 cm³/mol. The van der Waals surface area contributed by atoms with Crippen molar-refractivity contribution in [2.45, 2.75) is 25.4 Å². The highest BCUT2D eigenvalue weighted by Gasteiger charge is 2.19. The van der Waals surface area contributed by atoms with Crippen molar-refractivity contribution < 1.29 is 9.84 Å². The van der Waals surface area contributed by atoms with Gasteiger partial charge in [-0.05, 0) is 60.5 Å². The van der Waals surface area contributed by atoms with Crippen LogP contribution in [0, 0.1) is 5.92 Å². The molecule has 3 nitrogen and oxygen atoms in total. The maximum absolute atomic E-state index is 10.2. The fourth-order valence-corrected chi connectivity index (χ4v) is 3.33. The summed E-state index contributed by atoms with van der Waals surface area (Å²) < 4.78 is 5.33. The summed E-state index contributed by atoms with van der Waals surface area (Å²) in [5.41, 5.74) is 3.83. The van der Waals surface area contributed by atoms with Gasteiger partial charge in [0.25, 0.3) is 0 Å². The third-order valence-corrected chi connectivity index (χ3v) is 4.70. The lowest BCUT2D eigenvalue weighted by Crippen LogP contribution is -2.30. The molecule has 122 valence electrons. The zero-order valence-corrected chi connectivity index (χ0v) is 13.7. The highest BCUT2D eigenvalue weighted by molar-refractivity contribution is 5.37. The standard InChI is InChI=1S/C20H25NO2/c1-23-19-10-9-16-8-7-15(11-18(16)12-19)13-21-14-20(22)17-5-3-2-4-6-17/h2-6,9-10,12,15,20-22H,7-8,11,13-14H2,1H3. The number of aliphatic hydroxyl groups excluding tert-OH is 1. The van der Waals surface area contributed by atoms with Crippen molar-refractivity contribution in [3.05, 3.63) is 65.2 Å². The van der Waals surface area contributed by atoms with Gasteiger partial charge in [-0.25, -0.2) is 0 Å². The average Bonchev–Trinajstić information content (AvgIpc) is 2.61. The predicted octanol–water partition coefficient (Wildman–Crippen LogP) is 3.12. The molecule has 0 bridgehead atoms. The molecule has 2 unspecified atom stereocenters. The van der Waals surface area contributed by atoms with Gasteiger partial charge in [-0.3, -0.25) is 0 Å². The summed E-state index contributed by atoms with van der Waals surface area (Å²) >= 11 is 0. The first-order valence-electron chi connectivity index (χ1n) is 8.36. The molecular formula is C20H25NO2. The zero-order valence-electron chi connectivity index (χ0n) is 13.7. The molecule has 0 saturated heterocycles. The fraction of sp³-hybridized carbons (Fsp3) is 0.400. The Kier molecular flexibility index (Phi) is 5.31. The number of rotatable bonds is 6. The Morgan fingerprint density at radius 3 is 2.78 bits per heavy atom. The zero-order chi connectivity index (χ0) is 16.1. The molecule has 1 aliphatic rings. The molecule has 0 fully saturated rings. The van der Waals surface area contributed by atoms with Gasteiger partial charge in [-0.2, -0.15) is 0 Å². The second-order valence-corrected chi connectivity index (χ2v) is 6.33. The maximum atomic E-state index is 10.2. The van der Waals surface area contributed by atoms with Crippen molar-refractivity contribution in [1.82, 2.24) is 5.32 Å². The molecule has 2 aromatic rings. The number of nitrogens with one attached hydrogen (secondary N) is 1. The Bertz CT molecular complexity index is 627. The summed E-state index contributed by atoms with van der Waals surface area (Å²) in [6.45, 7) is 1.55. The van der Waals surface area contributed by atoms with E-state index in [0.717, 1.165) is 30.7 Å². The first-order valence-corrected chi connectivity index (χ1v) is 8.36. The Morgan fingerprint density at radius 2 is 2.00 bits per heavy atom. The number of hydrogen-bond acceptors (Lipinski definition) is 3. The van der Waals surface area contributed by atoms with Crippen LogP contribution in [-0.4, -0.2) is 25.3 Å². The Balaban J connectivity index is 1.50. The Morgan fingerprint density at radius 1 is 1.17 bits per heavy atom. The summed E-state index contributed by atoms with van der Waals surface area (Å²) in [4.78, 5) is 0. The second kappa shape index (κ2) is 7.62. The van der Waals surface area contributed by atoms with Crippen LogP contribution in [0.4, 0.5) is 0 Å². The van der Waals surface area contributed by atoms with Crippen molar-refractivity contribution >= 4 is 0 Å². The van der Waals surface area contributed by atoms with Crippen LogP contribution < -0.4 is 10.1 Å². The quantitative estimate of drug-likeness (QED) is 0.861. The molecule has 0 amide bonds. The van der Waals surface area contributed by atoms with Gasteiger partial charge in [-0.1, -0.05) is 36.4 Å². The number of aliphatic hydroxyl groups is 1. The molecule has 2 N–H and O–H groups in total. The first-order chi connectivity index (χ1) is 11.3. The third kappa shape index (κ3) is 4.12. The van der Waals surface area contributed by atoms with Crippen LogP contribution in [0.25, 0.3) is 0 Å². The fourth-order valence-electron chi connectivity index (χ4n) is 3.33. The van der Waals surface area contributed by atoms with E-state index in [9.17, 15) is 5.11 Å². The normalized spacial score (nSPS) is 18.3. The third-order valence-electron chi connectivity index (χ3n) is 4.70. The van der Waals surface area contributed by atoms with E-state index in [4.69, 9.17) is 4.74 Å². The first kappa shape index (κ1) is 16.0. The van der Waals surface area contributed by atoms with Gasteiger partial charge in [0.15, 0.2) is 0 Å². The van der Waals surface area contributed by atoms with Gasteiger partial charge in [0.2, 0.25) is 0 Å². The number of aryl methyl sites for hydroxylation is 1. The van der Waals surface area contributed by atoms with Crippen LogP contribution in [0.2, 0.25) is 0 Å². The lowest BCUT2D eigenvalue weighted by Gasteiger charge is -2.25. The molecule has 3 heteroatoms. The van der Waals surface area contributed by atoms with Crippen LogP contribution >= 0.6 is 0 Å². The minimum Gasteiger partial charge on any atom is -0.497 e. The monoisotopic (exact) mass is 311 g/mol. The van der Waals surface area contributed by atoms with E-state index in [1.165, 1.54) is 17.5 Å². The summed E-state index contributed by atoms with van der Waals surface area (Å²) in [6, 6.07) is 16.2.